The molecule has 1 aliphatic heterocycles. The molecule has 1 aromatic heterocycles. The highest BCUT2D eigenvalue weighted by molar-refractivity contribution is 5.92. The van der Waals surface area contributed by atoms with Gasteiger partial charge in [-0.15, -0.1) is 10.2 Å². The number of rotatable bonds is 3. The minimum absolute atomic E-state index is 0.125. The number of hydrogen-bond donors (Lipinski definition) is 1. The number of nitrogens with zero attached hydrogens (tertiary/aromatic N) is 3. The second kappa shape index (κ2) is 6.92. The van der Waals surface area contributed by atoms with E-state index in [4.69, 9.17) is 0 Å². The molecule has 4 rings (SSSR count). The van der Waals surface area contributed by atoms with Crippen molar-refractivity contribution in [2.45, 2.75) is 13.0 Å². The normalized spacial score (nSPS) is 13.2. The number of carbonyl (C=O) groups is 1. The van der Waals surface area contributed by atoms with Crippen molar-refractivity contribution in [2.24, 2.45) is 0 Å². The van der Waals surface area contributed by atoms with Crippen LogP contribution in [0.5, 0.6) is 0 Å². The van der Waals surface area contributed by atoms with E-state index in [1.54, 1.807) is 29.2 Å². The van der Waals surface area contributed by atoms with Crippen LogP contribution in [-0.4, -0.2) is 27.5 Å². The molecule has 0 atom stereocenters. The molecule has 1 amide bonds. The van der Waals surface area contributed by atoms with Crippen molar-refractivity contribution < 1.29 is 9.18 Å². The van der Waals surface area contributed by atoms with Gasteiger partial charge in [-0.3, -0.25) is 4.79 Å². The molecule has 1 aliphatic rings. The van der Waals surface area contributed by atoms with Crippen molar-refractivity contribution >= 4 is 17.4 Å². The third-order valence-corrected chi connectivity index (χ3v) is 4.42. The van der Waals surface area contributed by atoms with Crippen molar-refractivity contribution in [2.75, 3.05) is 11.9 Å². The molecule has 3 aromatic rings. The fourth-order valence-electron chi connectivity index (χ4n) is 3.03. The molecule has 0 bridgehead atoms. The van der Waals surface area contributed by atoms with E-state index in [1.807, 2.05) is 12.1 Å². The van der Waals surface area contributed by atoms with Crippen molar-refractivity contribution in [3.63, 3.8) is 0 Å². The number of benzene rings is 2. The van der Waals surface area contributed by atoms with Gasteiger partial charge in [-0.2, -0.15) is 0 Å². The van der Waals surface area contributed by atoms with Gasteiger partial charge in [0.25, 0.3) is 5.91 Å². The van der Waals surface area contributed by atoms with Crippen LogP contribution >= 0.6 is 0 Å². The average Bonchev–Trinajstić information content (AvgIpc) is 2.69. The molecule has 0 spiro atoms. The van der Waals surface area contributed by atoms with Gasteiger partial charge in [0, 0.05) is 18.8 Å². The van der Waals surface area contributed by atoms with Crippen LogP contribution < -0.4 is 5.32 Å². The predicted molar refractivity (Wildman–Crippen MR) is 96.6 cm³/mol. The monoisotopic (exact) mass is 348 g/mol. The summed E-state index contributed by atoms with van der Waals surface area (Å²) in [7, 11) is 0. The Labute approximate surface area is 150 Å². The number of amides is 1. The summed E-state index contributed by atoms with van der Waals surface area (Å²) in [6.07, 6.45) is 0.847. The highest BCUT2D eigenvalue weighted by Crippen LogP contribution is 2.20. The van der Waals surface area contributed by atoms with Crippen molar-refractivity contribution in [1.82, 2.24) is 15.1 Å². The van der Waals surface area contributed by atoms with E-state index in [2.05, 4.69) is 27.6 Å². The summed E-state index contributed by atoms with van der Waals surface area (Å²) in [6, 6.07) is 17.5. The smallest absolute Gasteiger partial charge is 0.274 e. The largest absolute Gasteiger partial charge is 0.339 e. The van der Waals surface area contributed by atoms with Crippen LogP contribution in [0.4, 0.5) is 15.9 Å². The summed E-state index contributed by atoms with van der Waals surface area (Å²) in [6.45, 7) is 1.26. The van der Waals surface area contributed by atoms with E-state index >= 15 is 0 Å². The lowest BCUT2D eigenvalue weighted by molar-refractivity contribution is 0.0727. The van der Waals surface area contributed by atoms with Crippen LogP contribution in [0, 0.1) is 5.82 Å². The van der Waals surface area contributed by atoms with Crippen LogP contribution in [0.3, 0.4) is 0 Å². The Morgan fingerprint density at radius 2 is 1.73 bits per heavy atom. The number of carbonyl (C=O) groups excluding carboxylic acids is 1. The Morgan fingerprint density at radius 3 is 2.46 bits per heavy atom. The van der Waals surface area contributed by atoms with Crippen molar-refractivity contribution in [3.8, 4) is 0 Å². The number of fused-ring (bicyclic) bond motifs is 1. The fourth-order valence-corrected chi connectivity index (χ4v) is 3.03. The van der Waals surface area contributed by atoms with E-state index in [1.165, 1.54) is 23.3 Å². The van der Waals surface area contributed by atoms with Crippen LogP contribution in [0.2, 0.25) is 0 Å². The zero-order valence-electron chi connectivity index (χ0n) is 14.0. The summed E-state index contributed by atoms with van der Waals surface area (Å²) in [4.78, 5) is 14.5. The van der Waals surface area contributed by atoms with E-state index in [0.717, 1.165) is 6.42 Å². The Balaban J connectivity index is 1.45. The molecule has 0 unspecified atom stereocenters. The summed E-state index contributed by atoms with van der Waals surface area (Å²) in [5.41, 5.74) is 3.48. The molecule has 2 aromatic carbocycles. The predicted octanol–water partition coefficient (Wildman–Crippen LogP) is 3.56. The van der Waals surface area contributed by atoms with Gasteiger partial charge in [-0.05, 0) is 53.9 Å². The highest BCUT2D eigenvalue weighted by Gasteiger charge is 2.22. The second-order valence-electron chi connectivity index (χ2n) is 6.18. The zero-order chi connectivity index (χ0) is 17.9. The number of halogens is 1. The molecule has 0 saturated carbocycles. The van der Waals surface area contributed by atoms with Crippen LogP contribution in [-0.2, 0) is 13.0 Å². The molecular formula is C20H17FN4O. The van der Waals surface area contributed by atoms with E-state index < -0.39 is 0 Å². The number of hydrogen-bond acceptors (Lipinski definition) is 4. The van der Waals surface area contributed by atoms with Gasteiger partial charge in [0.15, 0.2) is 11.5 Å². The maximum atomic E-state index is 12.9. The standard InChI is InChI=1S/C20H17FN4O/c21-16-5-7-17(8-6-16)22-19-10-9-18(23-24-19)20(26)25-12-11-14-3-1-2-4-15(14)13-25/h1-10H,11-13H2,(H,22,24). The first-order valence-electron chi connectivity index (χ1n) is 8.41. The molecule has 0 fully saturated rings. The molecule has 0 radical (unpaired) electrons. The molecular weight excluding hydrogens is 331 g/mol. The van der Waals surface area contributed by atoms with Gasteiger partial charge >= 0.3 is 0 Å². The minimum Gasteiger partial charge on any atom is -0.339 e. The van der Waals surface area contributed by atoms with Gasteiger partial charge < -0.3 is 10.2 Å². The highest BCUT2D eigenvalue weighted by atomic mass is 19.1. The number of aromatic nitrogens is 2. The van der Waals surface area contributed by atoms with Gasteiger partial charge in [0.1, 0.15) is 5.82 Å². The van der Waals surface area contributed by atoms with Gasteiger partial charge in [-0.25, -0.2) is 4.39 Å². The summed E-state index contributed by atoms with van der Waals surface area (Å²) >= 11 is 0. The first-order valence-corrected chi connectivity index (χ1v) is 8.41. The van der Waals surface area contributed by atoms with E-state index in [9.17, 15) is 9.18 Å². The van der Waals surface area contributed by atoms with Crippen LogP contribution in [0.25, 0.3) is 0 Å². The molecule has 0 saturated heterocycles. The van der Waals surface area contributed by atoms with Crippen LogP contribution in [0.15, 0.2) is 60.7 Å². The van der Waals surface area contributed by atoms with E-state index in [0.29, 0.717) is 30.3 Å². The topological polar surface area (TPSA) is 58.1 Å². The summed E-state index contributed by atoms with van der Waals surface area (Å²) in [5, 5.41) is 11.1. The SMILES string of the molecule is O=C(c1ccc(Nc2ccc(F)cc2)nn1)N1CCc2ccccc2C1. The molecule has 1 N–H and O–H groups in total. The molecule has 0 aliphatic carbocycles. The zero-order valence-corrected chi connectivity index (χ0v) is 14.0. The Hall–Kier alpha value is -3.28. The van der Waals surface area contributed by atoms with Crippen molar-refractivity contribution in [3.05, 3.63) is 83.3 Å². The van der Waals surface area contributed by atoms with Crippen LogP contribution in [0.1, 0.15) is 21.6 Å². The average molecular weight is 348 g/mol. The number of nitrogens with one attached hydrogen (secondary N) is 1. The maximum Gasteiger partial charge on any atom is 0.274 e. The lowest BCUT2D eigenvalue weighted by Crippen LogP contribution is -2.36. The summed E-state index contributed by atoms with van der Waals surface area (Å²) in [5.74, 6) is 0.0724. The Kier molecular flexibility index (Phi) is 4.31. The molecule has 26 heavy (non-hydrogen) atoms. The first kappa shape index (κ1) is 16.2. The van der Waals surface area contributed by atoms with Gasteiger partial charge in [0.05, 0.1) is 0 Å². The van der Waals surface area contributed by atoms with Crippen molar-refractivity contribution in [1.29, 1.82) is 0 Å². The molecule has 2 heterocycles. The van der Waals surface area contributed by atoms with E-state index in [-0.39, 0.29) is 11.7 Å². The van der Waals surface area contributed by atoms with Gasteiger partial charge in [-0.1, -0.05) is 24.3 Å². The Bertz CT molecular complexity index is 925. The number of anilines is 2. The maximum absolute atomic E-state index is 12.9. The molecule has 5 nitrogen and oxygen atoms in total. The third kappa shape index (κ3) is 3.39. The van der Waals surface area contributed by atoms with Gasteiger partial charge in [0.2, 0.25) is 0 Å². The molecule has 6 heteroatoms. The Morgan fingerprint density at radius 1 is 0.962 bits per heavy atom. The quantitative estimate of drug-likeness (QED) is 0.786. The third-order valence-electron chi connectivity index (χ3n) is 4.42. The lowest BCUT2D eigenvalue weighted by atomic mass is 10.00. The first-order chi connectivity index (χ1) is 12.7. The molecule has 130 valence electrons. The fraction of sp³-hybridized carbons (Fsp3) is 0.150. The lowest BCUT2D eigenvalue weighted by Gasteiger charge is -2.28. The summed E-state index contributed by atoms with van der Waals surface area (Å²) < 4.78 is 12.9. The second-order valence-corrected chi connectivity index (χ2v) is 6.18. The minimum atomic E-state index is -0.300.